The largest absolute Gasteiger partial charge is 0.492 e. The van der Waals surface area contributed by atoms with Crippen molar-refractivity contribution in [2.75, 3.05) is 14.2 Å². The first-order chi connectivity index (χ1) is 8.90. The normalized spacial score (nSPS) is 10.4. The van der Waals surface area contributed by atoms with Crippen LogP contribution in [-0.4, -0.2) is 30.1 Å². The van der Waals surface area contributed by atoms with Crippen molar-refractivity contribution in [2.45, 2.75) is 12.8 Å². The van der Waals surface area contributed by atoms with Crippen LogP contribution in [0.15, 0.2) is 6.07 Å². The Bertz CT molecular complexity index is 507. The van der Waals surface area contributed by atoms with E-state index in [2.05, 4.69) is 9.72 Å². The molecule has 0 N–H and O–H groups in total. The molecule has 7 nitrogen and oxygen atoms in total. The summed E-state index contributed by atoms with van der Waals surface area (Å²) in [4.78, 5) is 24.2. The van der Waals surface area contributed by atoms with Crippen molar-refractivity contribution >= 4 is 11.8 Å². The number of esters is 1. The highest BCUT2D eigenvalue weighted by Crippen LogP contribution is 2.32. The van der Waals surface area contributed by atoms with Gasteiger partial charge in [0.05, 0.1) is 14.2 Å². The van der Waals surface area contributed by atoms with Gasteiger partial charge in [0.1, 0.15) is 12.0 Å². The summed E-state index contributed by atoms with van der Waals surface area (Å²) in [7, 11) is 2.30. The van der Waals surface area contributed by atoms with E-state index < -0.39 is 35.1 Å². The molecule has 19 heavy (non-hydrogen) atoms. The van der Waals surface area contributed by atoms with E-state index in [0.717, 1.165) is 13.2 Å². The number of methoxy groups -OCH3 is 2. The van der Waals surface area contributed by atoms with Gasteiger partial charge in [-0.3, -0.25) is 4.79 Å². The van der Waals surface area contributed by atoms with E-state index in [1.54, 1.807) is 0 Å². The predicted octanol–water partition coefficient (Wildman–Crippen LogP) is 1.65. The van der Waals surface area contributed by atoms with E-state index in [4.69, 9.17) is 4.74 Å². The van der Waals surface area contributed by atoms with Crippen LogP contribution in [0.25, 0.3) is 0 Å². The zero-order valence-corrected chi connectivity index (χ0v) is 10.1. The van der Waals surface area contributed by atoms with Gasteiger partial charge in [-0.25, -0.2) is 8.78 Å². The number of carbonyl (C=O) groups is 1. The number of carbonyl (C=O) groups excluding carboxylic acids is 1. The monoisotopic (exact) mass is 276 g/mol. The molecule has 0 saturated carbocycles. The Morgan fingerprint density at radius 2 is 2.16 bits per heavy atom. The molecule has 1 aromatic rings. The van der Waals surface area contributed by atoms with Crippen molar-refractivity contribution in [3.05, 3.63) is 27.4 Å². The topological polar surface area (TPSA) is 91.6 Å². The van der Waals surface area contributed by atoms with Crippen LogP contribution < -0.4 is 4.74 Å². The second-order valence-corrected chi connectivity index (χ2v) is 3.36. The summed E-state index contributed by atoms with van der Waals surface area (Å²) >= 11 is 0. The average Bonchev–Trinajstić information content (AvgIpc) is 2.37. The van der Waals surface area contributed by atoms with E-state index in [0.29, 0.717) is 0 Å². The van der Waals surface area contributed by atoms with Crippen LogP contribution in [0.3, 0.4) is 0 Å². The highest BCUT2D eigenvalue weighted by molar-refractivity contribution is 5.73. The summed E-state index contributed by atoms with van der Waals surface area (Å²) < 4.78 is 34.5. The van der Waals surface area contributed by atoms with Crippen molar-refractivity contribution in [3.63, 3.8) is 0 Å². The molecule has 1 aromatic heterocycles. The fourth-order valence-corrected chi connectivity index (χ4v) is 1.36. The smallest absolute Gasteiger partial charge is 0.372 e. The molecule has 0 aliphatic heterocycles. The van der Waals surface area contributed by atoms with Gasteiger partial charge in [-0.15, -0.1) is 0 Å². The molecule has 1 rings (SSSR count). The van der Waals surface area contributed by atoms with Gasteiger partial charge in [0.2, 0.25) is 5.69 Å². The second kappa shape index (κ2) is 6.03. The van der Waals surface area contributed by atoms with E-state index in [-0.39, 0.29) is 11.4 Å². The third-order valence-corrected chi connectivity index (χ3v) is 2.24. The van der Waals surface area contributed by atoms with E-state index in [1.165, 1.54) is 7.11 Å². The fourth-order valence-electron chi connectivity index (χ4n) is 1.36. The van der Waals surface area contributed by atoms with Gasteiger partial charge in [0.25, 0.3) is 6.43 Å². The minimum atomic E-state index is -3.08. The first kappa shape index (κ1) is 14.7. The SMILES string of the molecule is COC(=O)Cc1nc([N+](=O)[O-])c(C(F)F)cc1OC. The Balaban J connectivity index is 3.35. The summed E-state index contributed by atoms with van der Waals surface area (Å²) in [6.07, 6.45) is -3.49. The Hall–Kier alpha value is -2.32. The summed E-state index contributed by atoms with van der Waals surface area (Å²) in [6, 6.07) is 0.800. The molecule has 0 fully saturated rings. The van der Waals surface area contributed by atoms with Crippen LogP contribution in [0.1, 0.15) is 17.7 Å². The molecule has 0 aliphatic carbocycles. The van der Waals surface area contributed by atoms with Gasteiger partial charge < -0.3 is 19.6 Å². The lowest BCUT2D eigenvalue weighted by atomic mass is 10.2. The third-order valence-electron chi connectivity index (χ3n) is 2.24. The van der Waals surface area contributed by atoms with E-state index >= 15 is 0 Å². The first-order valence-electron chi connectivity index (χ1n) is 4.97. The van der Waals surface area contributed by atoms with Crippen molar-refractivity contribution < 1.29 is 28.0 Å². The van der Waals surface area contributed by atoms with Crippen LogP contribution >= 0.6 is 0 Å². The highest BCUT2D eigenvalue weighted by Gasteiger charge is 2.28. The second-order valence-electron chi connectivity index (χ2n) is 3.36. The lowest BCUT2D eigenvalue weighted by Crippen LogP contribution is -2.10. The number of pyridine rings is 1. The number of hydrogen-bond donors (Lipinski definition) is 0. The number of ether oxygens (including phenoxy) is 2. The molecular formula is C10H10F2N2O5. The summed E-state index contributed by atoms with van der Waals surface area (Å²) in [5, 5.41) is 10.7. The van der Waals surface area contributed by atoms with Crippen LogP contribution in [0.4, 0.5) is 14.6 Å². The quantitative estimate of drug-likeness (QED) is 0.461. The number of rotatable bonds is 5. The van der Waals surface area contributed by atoms with E-state index in [9.17, 15) is 23.7 Å². The minimum Gasteiger partial charge on any atom is -0.492 e. The van der Waals surface area contributed by atoms with E-state index in [1.807, 2.05) is 0 Å². The first-order valence-corrected chi connectivity index (χ1v) is 4.97. The minimum absolute atomic E-state index is 0.133. The number of halogens is 2. The molecule has 0 unspecified atom stereocenters. The molecule has 0 amide bonds. The summed E-state index contributed by atoms with van der Waals surface area (Å²) in [5.74, 6) is -1.86. The zero-order chi connectivity index (χ0) is 14.6. The van der Waals surface area contributed by atoms with Gasteiger partial charge in [-0.2, -0.15) is 0 Å². The zero-order valence-electron chi connectivity index (χ0n) is 10.1. The molecule has 0 spiro atoms. The third kappa shape index (κ3) is 3.33. The van der Waals surface area contributed by atoms with Crippen molar-refractivity contribution in [1.29, 1.82) is 0 Å². The lowest BCUT2D eigenvalue weighted by Gasteiger charge is -2.07. The number of alkyl halides is 2. The molecule has 0 atom stereocenters. The number of hydrogen-bond acceptors (Lipinski definition) is 6. The van der Waals surface area contributed by atoms with Crippen LogP contribution in [0.5, 0.6) is 5.75 Å². The lowest BCUT2D eigenvalue weighted by molar-refractivity contribution is -0.391. The van der Waals surface area contributed by atoms with Crippen molar-refractivity contribution in [1.82, 2.24) is 4.98 Å². The summed E-state index contributed by atoms with van der Waals surface area (Å²) in [6.45, 7) is 0. The summed E-state index contributed by atoms with van der Waals surface area (Å²) in [5.41, 5.74) is -0.999. The average molecular weight is 276 g/mol. The van der Waals surface area contributed by atoms with Crippen LogP contribution in [-0.2, 0) is 16.0 Å². The number of nitrogens with zero attached hydrogens (tertiary/aromatic N) is 2. The molecule has 0 aromatic carbocycles. The number of aromatic nitrogens is 1. The predicted molar refractivity (Wildman–Crippen MR) is 58.1 cm³/mol. The Kier molecular flexibility index (Phi) is 4.67. The van der Waals surface area contributed by atoms with Gasteiger partial charge in [0, 0.05) is 6.07 Å². The van der Waals surface area contributed by atoms with Gasteiger partial charge in [-0.1, -0.05) is 0 Å². The Morgan fingerprint density at radius 1 is 1.53 bits per heavy atom. The maximum absolute atomic E-state index is 12.7. The van der Waals surface area contributed by atoms with Gasteiger partial charge in [0.15, 0.2) is 5.75 Å². The molecule has 104 valence electrons. The Labute approximate surface area is 106 Å². The molecule has 1 heterocycles. The molecule has 0 radical (unpaired) electrons. The van der Waals surface area contributed by atoms with Crippen molar-refractivity contribution in [2.24, 2.45) is 0 Å². The highest BCUT2D eigenvalue weighted by atomic mass is 19.3. The van der Waals surface area contributed by atoms with Gasteiger partial charge >= 0.3 is 11.8 Å². The standard InChI is InChI=1S/C10H10F2N2O5/c1-18-7-3-5(9(11)12)10(14(16)17)13-6(7)4-8(15)19-2/h3,9H,4H2,1-2H3. The van der Waals surface area contributed by atoms with Gasteiger partial charge in [-0.05, 0) is 9.91 Å². The molecular weight excluding hydrogens is 266 g/mol. The molecule has 0 bridgehead atoms. The van der Waals surface area contributed by atoms with Crippen LogP contribution in [0.2, 0.25) is 0 Å². The molecule has 9 heteroatoms. The maximum Gasteiger partial charge on any atom is 0.372 e. The molecule has 0 saturated heterocycles. The Morgan fingerprint density at radius 3 is 2.58 bits per heavy atom. The van der Waals surface area contributed by atoms with Crippen molar-refractivity contribution in [3.8, 4) is 5.75 Å². The van der Waals surface area contributed by atoms with Crippen LogP contribution in [0, 0.1) is 10.1 Å². The molecule has 0 aliphatic rings. The maximum atomic E-state index is 12.7. The fraction of sp³-hybridized carbons (Fsp3) is 0.400. The number of nitro groups is 1.